The molecule has 0 aliphatic heterocycles. The third-order valence-electron chi connectivity index (χ3n) is 2.64. The Labute approximate surface area is 101 Å². The molecule has 5 heteroatoms. The third kappa shape index (κ3) is 6.06. The Balaban J connectivity index is 2.05. The van der Waals surface area contributed by atoms with E-state index in [1.165, 1.54) is 0 Å². The second kappa shape index (κ2) is 7.06. The Morgan fingerprint density at radius 3 is 2.94 bits per heavy atom. The highest BCUT2D eigenvalue weighted by Gasteiger charge is 2.05. The molecule has 96 valence electrons. The largest absolute Gasteiger partial charge is 0.481 e. The molecular weight excluding hydrogens is 220 g/mol. The van der Waals surface area contributed by atoms with E-state index in [0.29, 0.717) is 12.5 Å². The molecule has 0 aromatic carbocycles. The van der Waals surface area contributed by atoms with Gasteiger partial charge in [-0.2, -0.15) is 0 Å². The summed E-state index contributed by atoms with van der Waals surface area (Å²) in [7, 11) is 0. The minimum absolute atomic E-state index is 0.252. The first-order valence-electron chi connectivity index (χ1n) is 5.92. The van der Waals surface area contributed by atoms with Crippen molar-refractivity contribution in [2.45, 2.75) is 39.7 Å². The normalized spacial score (nSPS) is 12.6. The Bertz CT molecular complexity index is 349. The summed E-state index contributed by atoms with van der Waals surface area (Å²) in [6, 6.07) is 1.90. The SMILES string of the molecule is Cc1cc(CNCCC(C)CCC(=O)O)on1. The van der Waals surface area contributed by atoms with E-state index < -0.39 is 5.97 Å². The number of aromatic nitrogens is 1. The molecule has 5 nitrogen and oxygen atoms in total. The lowest BCUT2D eigenvalue weighted by molar-refractivity contribution is -0.137. The summed E-state index contributed by atoms with van der Waals surface area (Å²) in [6.45, 7) is 5.50. The number of carboxylic acid groups (broad SMARTS) is 1. The zero-order valence-corrected chi connectivity index (χ0v) is 10.4. The molecule has 0 aliphatic rings. The van der Waals surface area contributed by atoms with Crippen LogP contribution < -0.4 is 5.32 Å². The Morgan fingerprint density at radius 1 is 1.59 bits per heavy atom. The van der Waals surface area contributed by atoms with Gasteiger partial charge in [-0.05, 0) is 32.2 Å². The highest BCUT2D eigenvalue weighted by Crippen LogP contribution is 2.09. The van der Waals surface area contributed by atoms with E-state index in [9.17, 15) is 4.79 Å². The number of carbonyl (C=O) groups is 1. The summed E-state index contributed by atoms with van der Waals surface area (Å²) >= 11 is 0. The molecule has 0 spiro atoms. The first-order chi connectivity index (χ1) is 8.08. The fourth-order valence-corrected chi connectivity index (χ4v) is 1.57. The van der Waals surface area contributed by atoms with Crippen molar-refractivity contribution in [3.8, 4) is 0 Å². The van der Waals surface area contributed by atoms with Crippen LogP contribution in [0.1, 0.15) is 37.6 Å². The summed E-state index contributed by atoms with van der Waals surface area (Å²) in [5.74, 6) is 0.540. The number of hydrogen-bond acceptors (Lipinski definition) is 4. The maximum atomic E-state index is 10.4. The van der Waals surface area contributed by atoms with E-state index in [2.05, 4.69) is 17.4 Å². The first-order valence-corrected chi connectivity index (χ1v) is 5.92. The van der Waals surface area contributed by atoms with Crippen LogP contribution in [0.5, 0.6) is 0 Å². The zero-order chi connectivity index (χ0) is 12.7. The highest BCUT2D eigenvalue weighted by molar-refractivity contribution is 5.66. The molecule has 0 aliphatic carbocycles. The van der Waals surface area contributed by atoms with Gasteiger partial charge in [-0.1, -0.05) is 12.1 Å². The monoisotopic (exact) mass is 240 g/mol. The molecule has 1 unspecified atom stereocenters. The molecule has 2 N–H and O–H groups in total. The van der Waals surface area contributed by atoms with Crippen molar-refractivity contribution >= 4 is 5.97 Å². The van der Waals surface area contributed by atoms with Gasteiger partial charge in [-0.25, -0.2) is 0 Å². The maximum Gasteiger partial charge on any atom is 0.303 e. The summed E-state index contributed by atoms with van der Waals surface area (Å²) in [4.78, 5) is 10.4. The van der Waals surface area contributed by atoms with E-state index in [0.717, 1.165) is 30.8 Å². The molecule has 1 rings (SSSR count). The molecule has 1 atom stereocenters. The highest BCUT2D eigenvalue weighted by atomic mass is 16.5. The predicted octanol–water partition coefficient (Wildman–Crippen LogP) is 1.96. The van der Waals surface area contributed by atoms with E-state index in [1.807, 2.05) is 13.0 Å². The summed E-state index contributed by atoms with van der Waals surface area (Å²) in [5, 5.41) is 15.6. The van der Waals surface area contributed by atoms with Crippen LogP contribution in [0, 0.1) is 12.8 Å². The third-order valence-corrected chi connectivity index (χ3v) is 2.64. The van der Waals surface area contributed by atoms with Crippen molar-refractivity contribution in [1.29, 1.82) is 0 Å². The number of carboxylic acids is 1. The number of hydrogen-bond donors (Lipinski definition) is 2. The van der Waals surface area contributed by atoms with Gasteiger partial charge in [0.15, 0.2) is 5.76 Å². The van der Waals surface area contributed by atoms with Crippen molar-refractivity contribution in [2.75, 3.05) is 6.54 Å². The van der Waals surface area contributed by atoms with Crippen LogP contribution in [0.2, 0.25) is 0 Å². The fourth-order valence-electron chi connectivity index (χ4n) is 1.57. The average molecular weight is 240 g/mol. The van der Waals surface area contributed by atoms with Crippen LogP contribution >= 0.6 is 0 Å². The van der Waals surface area contributed by atoms with Gasteiger partial charge in [-0.3, -0.25) is 4.79 Å². The molecule has 1 aromatic heterocycles. The molecule has 0 bridgehead atoms. The lowest BCUT2D eigenvalue weighted by Crippen LogP contribution is -2.17. The van der Waals surface area contributed by atoms with Crippen LogP contribution in [0.15, 0.2) is 10.6 Å². The lowest BCUT2D eigenvalue weighted by atomic mass is 10.0. The van der Waals surface area contributed by atoms with Gasteiger partial charge in [0.2, 0.25) is 0 Å². The van der Waals surface area contributed by atoms with Crippen LogP contribution in [0.4, 0.5) is 0 Å². The minimum Gasteiger partial charge on any atom is -0.481 e. The van der Waals surface area contributed by atoms with E-state index >= 15 is 0 Å². The van der Waals surface area contributed by atoms with Gasteiger partial charge in [0.1, 0.15) is 0 Å². The molecular formula is C12H20N2O3. The van der Waals surface area contributed by atoms with Gasteiger partial charge < -0.3 is 14.9 Å². The van der Waals surface area contributed by atoms with E-state index in [1.54, 1.807) is 0 Å². The molecule has 1 aromatic rings. The molecule has 0 radical (unpaired) electrons. The van der Waals surface area contributed by atoms with E-state index in [-0.39, 0.29) is 6.42 Å². The van der Waals surface area contributed by atoms with Crippen molar-refractivity contribution in [1.82, 2.24) is 10.5 Å². The quantitative estimate of drug-likeness (QED) is 0.679. The van der Waals surface area contributed by atoms with Gasteiger partial charge in [-0.15, -0.1) is 0 Å². The molecule has 0 amide bonds. The minimum atomic E-state index is -0.720. The summed E-state index contributed by atoms with van der Waals surface area (Å²) in [6.07, 6.45) is 1.96. The van der Waals surface area contributed by atoms with Gasteiger partial charge in [0, 0.05) is 12.5 Å². The fraction of sp³-hybridized carbons (Fsp3) is 0.667. The summed E-state index contributed by atoms with van der Waals surface area (Å²) in [5.41, 5.74) is 0.886. The van der Waals surface area contributed by atoms with Crippen molar-refractivity contribution in [3.63, 3.8) is 0 Å². The Morgan fingerprint density at radius 2 is 2.35 bits per heavy atom. The number of rotatable bonds is 8. The number of aryl methyl sites for hydroxylation is 1. The van der Waals surface area contributed by atoms with Gasteiger partial charge in [0.25, 0.3) is 0 Å². The van der Waals surface area contributed by atoms with Crippen molar-refractivity contribution in [3.05, 3.63) is 17.5 Å². The molecule has 0 saturated carbocycles. The second-order valence-electron chi connectivity index (χ2n) is 4.44. The van der Waals surface area contributed by atoms with Gasteiger partial charge in [0.05, 0.1) is 12.2 Å². The lowest BCUT2D eigenvalue weighted by Gasteiger charge is -2.09. The average Bonchev–Trinajstić information content (AvgIpc) is 2.68. The zero-order valence-electron chi connectivity index (χ0n) is 10.4. The van der Waals surface area contributed by atoms with Crippen LogP contribution in [0.3, 0.4) is 0 Å². The smallest absolute Gasteiger partial charge is 0.303 e. The van der Waals surface area contributed by atoms with Gasteiger partial charge >= 0.3 is 5.97 Å². The first kappa shape index (κ1) is 13.7. The maximum absolute atomic E-state index is 10.4. The number of nitrogens with one attached hydrogen (secondary N) is 1. The molecule has 17 heavy (non-hydrogen) atoms. The molecule has 0 saturated heterocycles. The standard InChI is InChI=1S/C12H20N2O3/c1-9(3-4-12(15)16)5-6-13-8-11-7-10(2)14-17-11/h7,9,13H,3-6,8H2,1-2H3,(H,15,16). The summed E-state index contributed by atoms with van der Waals surface area (Å²) < 4.78 is 5.06. The van der Waals surface area contributed by atoms with Crippen molar-refractivity contribution in [2.24, 2.45) is 5.92 Å². The Kier molecular flexibility index (Phi) is 5.69. The Hall–Kier alpha value is -1.36. The molecule has 0 fully saturated rings. The number of nitrogens with zero attached hydrogens (tertiary/aromatic N) is 1. The van der Waals surface area contributed by atoms with E-state index in [4.69, 9.17) is 9.63 Å². The van der Waals surface area contributed by atoms with Crippen LogP contribution in [-0.4, -0.2) is 22.8 Å². The topological polar surface area (TPSA) is 75.4 Å². The van der Waals surface area contributed by atoms with Crippen LogP contribution in [-0.2, 0) is 11.3 Å². The van der Waals surface area contributed by atoms with Crippen LogP contribution in [0.25, 0.3) is 0 Å². The van der Waals surface area contributed by atoms with Crippen molar-refractivity contribution < 1.29 is 14.4 Å². The second-order valence-corrected chi connectivity index (χ2v) is 4.44. The predicted molar refractivity (Wildman–Crippen MR) is 63.6 cm³/mol. The molecule has 1 heterocycles. The number of aliphatic carboxylic acids is 1.